The number of anilines is 1. The van der Waals surface area contributed by atoms with E-state index in [1.165, 1.54) is 11.1 Å². The molecule has 4 nitrogen and oxygen atoms in total. The number of nitrogens with zero attached hydrogens (tertiary/aromatic N) is 1. The van der Waals surface area contributed by atoms with Gasteiger partial charge in [-0.2, -0.15) is 0 Å². The van der Waals surface area contributed by atoms with Crippen LogP contribution in [-0.2, 0) is 4.74 Å². The van der Waals surface area contributed by atoms with Gasteiger partial charge in [-0.15, -0.1) is 0 Å². The van der Waals surface area contributed by atoms with E-state index in [1.54, 1.807) is 7.11 Å². The molecule has 1 saturated heterocycles. The number of rotatable bonds is 8. The predicted molar refractivity (Wildman–Crippen MR) is 127 cm³/mol. The van der Waals surface area contributed by atoms with Crippen molar-refractivity contribution in [3.8, 4) is 5.75 Å². The zero-order chi connectivity index (χ0) is 21.6. The Morgan fingerprint density at radius 1 is 0.903 bits per heavy atom. The Labute approximate surface area is 185 Å². The minimum atomic E-state index is 0.0832. The van der Waals surface area contributed by atoms with E-state index in [0.29, 0.717) is 6.61 Å². The molecule has 0 spiro atoms. The van der Waals surface area contributed by atoms with Crippen molar-refractivity contribution >= 4 is 5.69 Å². The highest BCUT2D eigenvalue weighted by molar-refractivity contribution is 5.59. The summed E-state index contributed by atoms with van der Waals surface area (Å²) in [5.74, 6) is 1.08. The highest BCUT2D eigenvalue weighted by Crippen LogP contribution is 2.38. The van der Waals surface area contributed by atoms with Crippen molar-refractivity contribution in [1.29, 1.82) is 0 Å². The maximum atomic E-state index is 6.24. The number of hydrogen-bond acceptors (Lipinski definition) is 4. The van der Waals surface area contributed by atoms with Gasteiger partial charge in [0.2, 0.25) is 0 Å². The van der Waals surface area contributed by atoms with Crippen LogP contribution in [0.3, 0.4) is 0 Å². The molecule has 162 valence electrons. The fraction of sp³-hybridized carbons (Fsp3) is 0.333. The van der Waals surface area contributed by atoms with Gasteiger partial charge in [0.25, 0.3) is 0 Å². The highest BCUT2D eigenvalue weighted by atomic mass is 16.5. The summed E-state index contributed by atoms with van der Waals surface area (Å²) < 4.78 is 11.9. The van der Waals surface area contributed by atoms with E-state index in [4.69, 9.17) is 9.47 Å². The van der Waals surface area contributed by atoms with Crippen molar-refractivity contribution in [1.82, 2.24) is 5.32 Å². The first-order chi connectivity index (χ1) is 15.2. The molecular weight excluding hydrogens is 384 g/mol. The molecule has 1 heterocycles. The van der Waals surface area contributed by atoms with Crippen molar-refractivity contribution in [3.63, 3.8) is 0 Å². The smallest absolute Gasteiger partial charge is 0.142 e. The van der Waals surface area contributed by atoms with Crippen LogP contribution in [0, 0.1) is 0 Å². The molecule has 3 unspecified atom stereocenters. The first-order valence-electron chi connectivity index (χ1n) is 11.0. The molecule has 3 atom stereocenters. The second-order valence-corrected chi connectivity index (χ2v) is 8.00. The van der Waals surface area contributed by atoms with Gasteiger partial charge in [-0.3, -0.25) is 0 Å². The normalized spacial score (nSPS) is 20.7. The van der Waals surface area contributed by atoms with Gasteiger partial charge in [0.15, 0.2) is 0 Å². The fourth-order valence-corrected chi connectivity index (χ4v) is 4.91. The molecular formula is C27H32N2O2. The minimum Gasteiger partial charge on any atom is -0.495 e. The highest BCUT2D eigenvalue weighted by Gasteiger charge is 2.44. The number of likely N-dealkylation sites (N-methyl/N-ethyl adjacent to an activating group) is 1. The second kappa shape index (κ2) is 9.99. The third-order valence-electron chi connectivity index (χ3n) is 6.27. The standard InChI is InChI=1S/C27H32N2O2/c1-4-31-24-19-28-26(27(24)29(2)22-17-11-12-18-23(22)30-3)25(20-13-7-5-8-14-20)21-15-9-6-10-16-21/h5-18,24-28H,4,19H2,1-3H3. The molecule has 1 aliphatic rings. The number of para-hydroxylation sites is 2. The van der Waals surface area contributed by atoms with Crippen LogP contribution in [-0.4, -0.2) is 45.5 Å². The van der Waals surface area contributed by atoms with Crippen LogP contribution < -0.4 is 15.0 Å². The molecule has 0 radical (unpaired) electrons. The van der Waals surface area contributed by atoms with Crippen LogP contribution >= 0.6 is 0 Å². The summed E-state index contributed by atoms with van der Waals surface area (Å²) in [6, 6.07) is 30.1. The Kier molecular flexibility index (Phi) is 6.90. The van der Waals surface area contributed by atoms with E-state index >= 15 is 0 Å². The SMILES string of the molecule is CCOC1CNC(C(c2ccccc2)c2ccccc2)C1N(C)c1ccccc1OC. The topological polar surface area (TPSA) is 33.7 Å². The quantitative estimate of drug-likeness (QED) is 0.577. The Balaban J connectivity index is 1.78. The van der Waals surface area contributed by atoms with Crippen LogP contribution in [0.15, 0.2) is 84.9 Å². The van der Waals surface area contributed by atoms with Gasteiger partial charge in [-0.05, 0) is 30.2 Å². The first-order valence-corrected chi connectivity index (χ1v) is 11.0. The fourth-order valence-electron chi connectivity index (χ4n) is 4.91. The van der Waals surface area contributed by atoms with Crippen LogP contribution in [0.4, 0.5) is 5.69 Å². The molecule has 0 aliphatic carbocycles. The molecule has 0 bridgehead atoms. The average Bonchev–Trinajstić information content (AvgIpc) is 3.23. The van der Waals surface area contributed by atoms with Crippen molar-refractivity contribution in [3.05, 3.63) is 96.1 Å². The molecule has 0 amide bonds. The summed E-state index contributed by atoms with van der Waals surface area (Å²) in [6.07, 6.45) is 0.0832. The third-order valence-corrected chi connectivity index (χ3v) is 6.27. The zero-order valence-corrected chi connectivity index (χ0v) is 18.6. The Bertz CT molecular complexity index is 908. The Hall–Kier alpha value is -2.82. The molecule has 4 heteroatoms. The Morgan fingerprint density at radius 3 is 2.06 bits per heavy atom. The van der Waals surface area contributed by atoms with Crippen molar-refractivity contribution < 1.29 is 9.47 Å². The van der Waals surface area contributed by atoms with Gasteiger partial charge < -0.3 is 19.7 Å². The van der Waals surface area contributed by atoms with Crippen molar-refractivity contribution in [2.75, 3.05) is 32.2 Å². The van der Waals surface area contributed by atoms with Crippen LogP contribution in [0.5, 0.6) is 5.75 Å². The van der Waals surface area contributed by atoms with Crippen LogP contribution in [0.2, 0.25) is 0 Å². The molecule has 1 aliphatic heterocycles. The van der Waals surface area contributed by atoms with E-state index < -0.39 is 0 Å². The van der Waals surface area contributed by atoms with Gasteiger partial charge in [0.05, 0.1) is 24.9 Å². The number of ether oxygens (including phenoxy) is 2. The second-order valence-electron chi connectivity index (χ2n) is 8.00. The summed E-state index contributed by atoms with van der Waals surface area (Å²) in [6.45, 7) is 3.58. The zero-order valence-electron chi connectivity index (χ0n) is 18.6. The summed E-state index contributed by atoms with van der Waals surface area (Å²) in [7, 11) is 3.88. The molecule has 3 aromatic carbocycles. The van der Waals surface area contributed by atoms with E-state index in [0.717, 1.165) is 18.0 Å². The van der Waals surface area contributed by atoms with Gasteiger partial charge in [0, 0.05) is 32.2 Å². The van der Waals surface area contributed by atoms with E-state index in [2.05, 4.69) is 97.0 Å². The monoisotopic (exact) mass is 416 g/mol. The Morgan fingerprint density at radius 2 is 1.48 bits per heavy atom. The average molecular weight is 417 g/mol. The first kappa shape index (κ1) is 21.4. The van der Waals surface area contributed by atoms with Crippen molar-refractivity contribution in [2.45, 2.75) is 31.0 Å². The van der Waals surface area contributed by atoms with E-state index in [-0.39, 0.29) is 24.1 Å². The third kappa shape index (κ3) is 4.46. The molecule has 3 aromatic rings. The molecule has 0 saturated carbocycles. The predicted octanol–water partition coefficient (Wildman–Crippen LogP) is 4.71. The molecule has 31 heavy (non-hydrogen) atoms. The van der Waals surface area contributed by atoms with Crippen LogP contribution in [0.1, 0.15) is 24.0 Å². The van der Waals surface area contributed by atoms with Gasteiger partial charge in [-0.25, -0.2) is 0 Å². The lowest BCUT2D eigenvalue weighted by atomic mass is 9.81. The lowest BCUT2D eigenvalue weighted by Gasteiger charge is -2.38. The lowest BCUT2D eigenvalue weighted by Crippen LogP contribution is -2.50. The number of hydrogen-bond donors (Lipinski definition) is 1. The molecule has 4 rings (SSSR count). The molecule has 1 N–H and O–H groups in total. The van der Waals surface area contributed by atoms with Gasteiger partial charge in [-0.1, -0.05) is 72.8 Å². The maximum Gasteiger partial charge on any atom is 0.142 e. The van der Waals surface area contributed by atoms with E-state index in [9.17, 15) is 0 Å². The summed E-state index contributed by atoms with van der Waals surface area (Å²) in [5, 5.41) is 3.82. The summed E-state index contributed by atoms with van der Waals surface area (Å²) in [5.41, 5.74) is 3.69. The summed E-state index contributed by atoms with van der Waals surface area (Å²) in [4.78, 5) is 2.34. The van der Waals surface area contributed by atoms with Gasteiger partial charge in [0.1, 0.15) is 5.75 Å². The molecule has 1 fully saturated rings. The largest absolute Gasteiger partial charge is 0.495 e. The lowest BCUT2D eigenvalue weighted by molar-refractivity contribution is 0.0625. The maximum absolute atomic E-state index is 6.24. The van der Waals surface area contributed by atoms with E-state index in [1.807, 2.05) is 12.1 Å². The van der Waals surface area contributed by atoms with Crippen molar-refractivity contribution in [2.24, 2.45) is 0 Å². The minimum absolute atomic E-state index is 0.0832. The van der Waals surface area contributed by atoms with Gasteiger partial charge >= 0.3 is 0 Å². The number of benzene rings is 3. The van der Waals surface area contributed by atoms with Crippen LogP contribution in [0.25, 0.3) is 0 Å². The summed E-state index contributed by atoms with van der Waals surface area (Å²) >= 11 is 0. The number of nitrogens with one attached hydrogen (secondary N) is 1. The molecule has 0 aromatic heterocycles. The number of methoxy groups -OCH3 is 1.